The molecule has 1 aliphatic rings. The lowest BCUT2D eigenvalue weighted by Gasteiger charge is -2.21. The van der Waals surface area contributed by atoms with E-state index in [1.165, 1.54) is 0 Å². The van der Waals surface area contributed by atoms with E-state index >= 15 is 0 Å². The second kappa shape index (κ2) is 6.96. The van der Waals surface area contributed by atoms with Gasteiger partial charge in [0.1, 0.15) is 5.76 Å². The molecule has 0 saturated carbocycles. The van der Waals surface area contributed by atoms with Crippen molar-refractivity contribution in [1.82, 2.24) is 14.8 Å². The van der Waals surface area contributed by atoms with Crippen LogP contribution in [0.2, 0.25) is 0 Å². The van der Waals surface area contributed by atoms with Crippen LogP contribution in [0.1, 0.15) is 34.0 Å². The van der Waals surface area contributed by atoms with Crippen molar-refractivity contribution in [2.75, 3.05) is 26.2 Å². The van der Waals surface area contributed by atoms with Crippen LogP contribution in [0.3, 0.4) is 0 Å². The van der Waals surface area contributed by atoms with Gasteiger partial charge in [0.15, 0.2) is 5.76 Å². The van der Waals surface area contributed by atoms with Gasteiger partial charge in [0.2, 0.25) is 0 Å². The first-order chi connectivity index (χ1) is 11.1. The molecule has 3 heterocycles. The van der Waals surface area contributed by atoms with Crippen LogP contribution >= 0.6 is 0 Å². The van der Waals surface area contributed by atoms with Crippen LogP contribution in [0, 0.1) is 13.8 Å². The van der Waals surface area contributed by atoms with E-state index in [2.05, 4.69) is 9.88 Å². The zero-order valence-corrected chi connectivity index (χ0v) is 13.8. The van der Waals surface area contributed by atoms with Crippen LogP contribution in [0.5, 0.6) is 0 Å². The van der Waals surface area contributed by atoms with Gasteiger partial charge in [-0.1, -0.05) is 6.07 Å². The highest BCUT2D eigenvalue weighted by Gasteiger charge is 2.23. The molecule has 2 aromatic heterocycles. The molecule has 0 aliphatic carbocycles. The minimum atomic E-state index is 0.000820. The zero-order chi connectivity index (χ0) is 16.2. The fourth-order valence-electron chi connectivity index (χ4n) is 2.89. The van der Waals surface area contributed by atoms with Gasteiger partial charge < -0.3 is 9.32 Å². The Hall–Kier alpha value is -2.14. The molecule has 5 heteroatoms. The van der Waals surface area contributed by atoms with E-state index < -0.39 is 0 Å². The van der Waals surface area contributed by atoms with Crippen molar-refractivity contribution in [2.45, 2.75) is 26.8 Å². The van der Waals surface area contributed by atoms with Crippen LogP contribution in [0.15, 0.2) is 34.9 Å². The number of amides is 1. The van der Waals surface area contributed by atoms with Gasteiger partial charge in [-0.05, 0) is 44.0 Å². The van der Waals surface area contributed by atoms with Crippen molar-refractivity contribution in [3.05, 3.63) is 53.2 Å². The zero-order valence-electron chi connectivity index (χ0n) is 13.8. The molecule has 3 rings (SSSR count). The summed E-state index contributed by atoms with van der Waals surface area (Å²) in [7, 11) is 0. The standard InChI is InChI=1S/C18H23N3O2/c1-14-12-17(23-15(14)2)18(22)21-9-5-8-20(10-11-21)13-16-6-3-4-7-19-16/h3-4,6-7,12H,5,8-11,13H2,1-2H3. The third-order valence-corrected chi connectivity index (χ3v) is 4.36. The second-order valence-corrected chi connectivity index (χ2v) is 6.09. The lowest BCUT2D eigenvalue weighted by molar-refractivity contribution is 0.0728. The number of carbonyl (C=O) groups is 1. The van der Waals surface area contributed by atoms with Crippen molar-refractivity contribution >= 4 is 5.91 Å². The average molecular weight is 313 g/mol. The molecule has 0 N–H and O–H groups in total. The molecular formula is C18H23N3O2. The fraction of sp³-hybridized carbons (Fsp3) is 0.444. The molecule has 0 bridgehead atoms. The highest BCUT2D eigenvalue weighted by molar-refractivity contribution is 5.91. The molecule has 2 aromatic rings. The van der Waals surface area contributed by atoms with Crippen molar-refractivity contribution < 1.29 is 9.21 Å². The number of hydrogen-bond donors (Lipinski definition) is 0. The third-order valence-electron chi connectivity index (χ3n) is 4.36. The molecule has 0 aromatic carbocycles. The van der Waals surface area contributed by atoms with Crippen LogP contribution in [0.4, 0.5) is 0 Å². The number of rotatable bonds is 3. The molecule has 1 amide bonds. The van der Waals surface area contributed by atoms with Gasteiger partial charge in [-0.3, -0.25) is 14.7 Å². The third kappa shape index (κ3) is 3.79. The molecule has 0 spiro atoms. The average Bonchev–Trinajstić information content (AvgIpc) is 2.76. The summed E-state index contributed by atoms with van der Waals surface area (Å²) in [5.41, 5.74) is 2.10. The number of aromatic nitrogens is 1. The second-order valence-electron chi connectivity index (χ2n) is 6.09. The SMILES string of the molecule is Cc1cc(C(=O)N2CCCN(Cc3ccccn3)CC2)oc1C. The van der Waals surface area contributed by atoms with E-state index in [-0.39, 0.29) is 5.91 Å². The Kier molecular flexibility index (Phi) is 4.76. The molecule has 0 radical (unpaired) electrons. The Bertz CT molecular complexity index is 647. The number of aryl methyl sites for hydroxylation is 2. The van der Waals surface area contributed by atoms with Crippen LogP contribution in [-0.2, 0) is 6.54 Å². The summed E-state index contributed by atoms with van der Waals surface area (Å²) in [6.45, 7) is 8.04. The highest BCUT2D eigenvalue weighted by Crippen LogP contribution is 2.16. The topological polar surface area (TPSA) is 49.6 Å². The summed E-state index contributed by atoms with van der Waals surface area (Å²) in [6.07, 6.45) is 2.79. The molecule has 23 heavy (non-hydrogen) atoms. The van der Waals surface area contributed by atoms with Crippen molar-refractivity contribution in [3.63, 3.8) is 0 Å². The summed E-state index contributed by atoms with van der Waals surface area (Å²) in [5, 5.41) is 0. The number of pyridine rings is 1. The number of nitrogens with zero attached hydrogens (tertiary/aromatic N) is 3. The normalized spacial score (nSPS) is 16.3. The molecule has 1 aliphatic heterocycles. The predicted octanol–water partition coefficient (Wildman–Crippen LogP) is 2.64. The minimum Gasteiger partial charge on any atom is -0.456 e. The molecule has 0 atom stereocenters. The monoisotopic (exact) mass is 313 g/mol. The molecule has 0 unspecified atom stereocenters. The first kappa shape index (κ1) is 15.7. The Balaban J connectivity index is 1.61. The van der Waals surface area contributed by atoms with Gasteiger partial charge in [-0.2, -0.15) is 0 Å². The Morgan fingerprint density at radius 3 is 2.78 bits per heavy atom. The van der Waals surface area contributed by atoms with E-state index in [1.54, 1.807) is 0 Å². The maximum atomic E-state index is 12.6. The summed E-state index contributed by atoms with van der Waals surface area (Å²) in [6, 6.07) is 7.83. The summed E-state index contributed by atoms with van der Waals surface area (Å²) >= 11 is 0. The summed E-state index contributed by atoms with van der Waals surface area (Å²) in [5.74, 6) is 1.28. The maximum Gasteiger partial charge on any atom is 0.289 e. The van der Waals surface area contributed by atoms with E-state index in [0.29, 0.717) is 5.76 Å². The molecule has 122 valence electrons. The summed E-state index contributed by atoms with van der Waals surface area (Å²) in [4.78, 5) is 21.2. The van der Waals surface area contributed by atoms with Crippen LogP contribution in [-0.4, -0.2) is 46.9 Å². The Morgan fingerprint density at radius 2 is 2.09 bits per heavy atom. The smallest absolute Gasteiger partial charge is 0.289 e. The van der Waals surface area contributed by atoms with Gasteiger partial charge in [-0.25, -0.2) is 0 Å². The first-order valence-corrected chi connectivity index (χ1v) is 8.12. The quantitative estimate of drug-likeness (QED) is 0.874. The molecule has 1 saturated heterocycles. The molecule has 5 nitrogen and oxygen atoms in total. The minimum absolute atomic E-state index is 0.000820. The fourth-order valence-corrected chi connectivity index (χ4v) is 2.89. The Morgan fingerprint density at radius 1 is 1.22 bits per heavy atom. The molecular weight excluding hydrogens is 290 g/mol. The van der Waals surface area contributed by atoms with Gasteiger partial charge in [0.05, 0.1) is 5.69 Å². The lowest BCUT2D eigenvalue weighted by atomic mass is 10.2. The number of furan rings is 1. The maximum absolute atomic E-state index is 12.6. The Labute approximate surface area is 136 Å². The first-order valence-electron chi connectivity index (χ1n) is 8.12. The highest BCUT2D eigenvalue weighted by atomic mass is 16.4. The van der Waals surface area contributed by atoms with Gasteiger partial charge >= 0.3 is 0 Å². The van der Waals surface area contributed by atoms with E-state index in [0.717, 1.165) is 56.2 Å². The number of hydrogen-bond acceptors (Lipinski definition) is 4. The predicted molar refractivity (Wildman–Crippen MR) is 88.2 cm³/mol. The van der Waals surface area contributed by atoms with Gasteiger partial charge in [-0.15, -0.1) is 0 Å². The summed E-state index contributed by atoms with van der Waals surface area (Å²) < 4.78 is 5.58. The van der Waals surface area contributed by atoms with E-state index in [9.17, 15) is 4.79 Å². The van der Waals surface area contributed by atoms with Crippen molar-refractivity contribution in [3.8, 4) is 0 Å². The number of carbonyl (C=O) groups excluding carboxylic acids is 1. The van der Waals surface area contributed by atoms with Gasteiger partial charge in [0, 0.05) is 38.9 Å². The lowest BCUT2D eigenvalue weighted by Crippen LogP contribution is -2.35. The van der Waals surface area contributed by atoms with Crippen LogP contribution in [0.25, 0.3) is 0 Å². The van der Waals surface area contributed by atoms with Crippen molar-refractivity contribution in [2.24, 2.45) is 0 Å². The van der Waals surface area contributed by atoms with E-state index in [4.69, 9.17) is 4.42 Å². The largest absolute Gasteiger partial charge is 0.456 e. The molecule has 1 fully saturated rings. The van der Waals surface area contributed by atoms with Crippen LogP contribution < -0.4 is 0 Å². The van der Waals surface area contributed by atoms with Gasteiger partial charge in [0.25, 0.3) is 5.91 Å². The van der Waals surface area contributed by atoms with Crippen molar-refractivity contribution in [1.29, 1.82) is 0 Å². The van der Waals surface area contributed by atoms with E-state index in [1.807, 2.05) is 49.2 Å².